The van der Waals surface area contributed by atoms with Gasteiger partial charge in [0.2, 0.25) is 0 Å². The number of fused-ring (bicyclic) bond motifs is 1. The number of nitrogen functional groups attached to an aromatic ring is 1. The molecule has 1 aliphatic heterocycles. The van der Waals surface area contributed by atoms with Gasteiger partial charge in [-0.2, -0.15) is 0 Å². The molecule has 0 aliphatic carbocycles. The molecule has 1 fully saturated rings. The Bertz CT molecular complexity index is 1050. The molecule has 186 valence electrons. The highest BCUT2D eigenvalue weighted by Gasteiger charge is 2.47. The highest BCUT2D eigenvalue weighted by molar-refractivity contribution is 6.74. The zero-order valence-electron chi connectivity index (χ0n) is 21.8. The van der Waals surface area contributed by atoms with Crippen molar-refractivity contribution in [3.8, 4) is 0 Å². The van der Waals surface area contributed by atoms with Gasteiger partial charge in [0.05, 0.1) is 12.7 Å². The number of aromatic nitrogens is 4. The van der Waals surface area contributed by atoms with Crippen LogP contribution in [-0.2, 0) is 13.6 Å². The maximum Gasteiger partial charge on any atom is 0.329 e. The second-order valence-corrected chi connectivity index (χ2v) is 21.7. The van der Waals surface area contributed by atoms with E-state index < -0.39 is 22.9 Å². The number of rotatable bonds is 6. The van der Waals surface area contributed by atoms with Crippen molar-refractivity contribution in [1.29, 1.82) is 0 Å². The third-order valence-electron chi connectivity index (χ3n) is 7.67. The SMILES string of the molecule is CC(C)(C)[Si](C)(C)OC[C@H]1O[C@@H](n2c(=O)[nH]c3c(N)ncnc32)CC1O[Si](C)(C)C(C)(C)C. The van der Waals surface area contributed by atoms with E-state index in [0.29, 0.717) is 24.2 Å². The van der Waals surface area contributed by atoms with E-state index in [1.54, 1.807) is 0 Å². The molecule has 2 aromatic heterocycles. The Labute approximate surface area is 198 Å². The van der Waals surface area contributed by atoms with Crippen LogP contribution in [0.4, 0.5) is 5.82 Å². The molecule has 9 nitrogen and oxygen atoms in total. The second kappa shape index (κ2) is 8.60. The zero-order valence-corrected chi connectivity index (χ0v) is 23.8. The maximum atomic E-state index is 12.8. The predicted molar refractivity (Wildman–Crippen MR) is 136 cm³/mol. The van der Waals surface area contributed by atoms with Gasteiger partial charge in [0.15, 0.2) is 28.1 Å². The molecule has 1 aliphatic rings. The minimum atomic E-state index is -2.08. The van der Waals surface area contributed by atoms with E-state index in [1.165, 1.54) is 10.9 Å². The van der Waals surface area contributed by atoms with Crippen LogP contribution in [0.1, 0.15) is 54.2 Å². The molecule has 1 saturated heterocycles. The van der Waals surface area contributed by atoms with Gasteiger partial charge in [0, 0.05) is 6.42 Å². The second-order valence-electron chi connectivity index (χ2n) is 12.1. The number of nitrogens with zero attached hydrogens (tertiary/aromatic N) is 3. The fourth-order valence-corrected chi connectivity index (χ4v) is 5.79. The number of imidazole rings is 1. The highest BCUT2D eigenvalue weighted by atomic mass is 28.4. The lowest BCUT2D eigenvalue weighted by Gasteiger charge is -2.40. The minimum Gasteiger partial charge on any atom is -0.414 e. The maximum absolute atomic E-state index is 12.8. The normalized spacial score (nSPS) is 22.9. The molecule has 0 radical (unpaired) electrons. The van der Waals surface area contributed by atoms with Crippen LogP contribution in [0.15, 0.2) is 11.1 Å². The summed E-state index contributed by atoms with van der Waals surface area (Å²) in [4.78, 5) is 23.9. The van der Waals surface area contributed by atoms with Crippen molar-refractivity contribution in [2.24, 2.45) is 0 Å². The van der Waals surface area contributed by atoms with Gasteiger partial charge in [-0.3, -0.25) is 0 Å². The van der Waals surface area contributed by atoms with Crippen LogP contribution in [-0.4, -0.2) is 55.0 Å². The van der Waals surface area contributed by atoms with E-state index in [1.807, 2.05) is 0 Å². The number of H-pyrrole nitrogens is 1. The van der Waals surface area contributed by atoms with Gasteiger partial charge in [0.25, 0.3) is 0 Å². The quantitative estimate of drug-likeness (QED) is 0.570. The van der Waals surface area contributed by atoms with Crippen molar-refractivity contribution < 1.29 is 13.6 Å². The third kappa shape index (κ3) is 5.12. The van der Waals surface area contributed by atoms with Gasteiger partial charge in [-0.15, -0.1) is 0 Å². The summed E-state index contributed by atoms with van der Waals surface area (Å²) in [5.74, 6) is 0.237. The number of hydrogen-bond donors (Lipinski definition) is 2. The summed E-state index contributed by atoms with van der Waals surface area (Å²) in [5.41, 5.74) is 6.49. The van der Waals surface area contributed by atoms with E-state index in [0.717, 1.165) is 0 Å². The Hall–Kier alpha value is -1.54. The third-order valence-corrected chi connectivity index (χ3v) is 16.7. The van der Waals surface area contributed by atoms with Crippen molar-refractivity contribution in [3.63, 3.8) is 0 Å². The smallest absolute Gasteiger partial charge is 0.329 e. The van der Waals surface area contributed by atoms with E-state index in [-0.39, 0.29) is 33.8 Å². The average Bonchev–Trinajstić information content (AvgIpc) is 3.18. The standard InChI is InChI=1S/C22H41N5O4Si2/c1-21(2,3)32(7,8)29-12-15-14(31-33(9,10)22(4,5)6)11-16(30-15)27-19-17(26-20(27)28)18(23)24-13-25-19/h13-16H,11-12H2,1-10H3,(H,26,28)(H2,23,24,25)/t14?,15-,16-/m1/s1. The molecule has 0 aromatic carbocycles. The molecule has 0 amide bonds. The van der Waals surface area contributed by atoms with Crippen molar-refractivity contribution in [2.75, 3.05) is 12.3 Å². The van der Waals surface area contributed by atoms with E-state index >= 15 is 0 Å². The van der Waals surface area contributed by atoms with Crippen LogP contribution < -0.4 is 11.4 Å². The van der Waals surface area contributed by atoms with Gasteiger partial charge in [-0.05, 0) is 36.3 Å². The Morgan fingerprint density at radius 2 is 1.73 bits per heavy atom. The summed E-state index contributed by atoms with van der Waals surface area (Å²) in [6.07, 6.45) is 0.904. The van der Waals surface area contributed by atoms with Crippen LogP contribution in [0.5, 0.6) is 0 Å². The largest absolute Gasteiger partial charge is 0.414 e. The van der Waals surface area contributed by atoms with Gasteiger partial charge < -0.3 is 24.3 Å². The first-order chi connectivity index (χ1) is 14.9. The van der Waals surface area contributed by atoms with E-state index in [9.17, 15) is 4.79 Å². The van der Waals surface area contributed by atoms with Gasteiger partial charge in [-0.25, -0.2) is 19.3 Å². The van der Waals surface area contributed by atoms with Gasteiger partial charge in [0.1, 0.15) is 24.2 Å². The summed E-state index contributed by atoms with van der Waals surface area (Å²) in [7, 11) is -4.06. The molecule has 11 heteroatoms. The number of nitrogens with two attached hydrogens (primary N) is 1. The molecule has 0 saturated carbocycles. The Kier molecular flexibility index (Phi) is 6.79. The predicted octanol–water partition coefficient (Wildman–Crippen LogP) is 4.40. The number of ether oxygens (including phenoxy) is 1. The fraction of sp³-hybridized carbons (Fsp3) is 0.773. The topological polar surface area (TPSA) is 117 Å². The van der Waals surface area contributed by atoms with E-state index in [4.69, 9.17) is 19.3 Å². The number of nitrogens with one attached hydrogen (secondary N) is 1. The van der Waals surface area contributed by atoms with Crippen molar-refractivity contribution >= 4 is 33.6 Å². The van der Waals surface area contributed by atoms with Crippen molar-refractivity contribution in [1.82, 2.24) is 19.5 Å². The Balaban J connectivity index is 1.93. The molecule has 0 spiro atoms. The van der Waals surface area contributed by atoms with Crippen LogP contribution in [0.25, 0.3) is 11.2 Å². The summed E-state index contributed by atoms with van der Waals surface area (Å²) in [5, 5.41) is 0.137. The monoisotopic (exact) mass is 495 g/mol. The molecular formula is C22H41N5O4Si2. The van der Waals surface area contributed by atoms with Crippen LogP contribution in [0.3, 0.4) is 0 Å². The molecule has 3 atom stereocenters. The summed E-state index contributed by atoms with van der Waals surface area (Å²) in [6.45, 7) is 22.7. The zero-order chi connectivity index (χ0) is 25.0. The number of hydrogen-bond acceptors (Lipinski definition) is 7. The first kappa shape index (κ1) is 26.1. The van der Waals surface area contributed by atoms with Crippen LogP contribution >= 0.6 is 0 Å². The molecule has 3 N–H and O–H groups in total. The number of anilines is 1. The number of aromatic amines is 1. The molecule has 2 aromatic rings. The van der Waals surface area contributed by atoms with Gasteiger partial charge in [-0.1, -0.05) is 41.5 Å². The van der Waals surface area contributed by atoms with Crippen molar-refractivity contribution in [2.45, 2.75) is 103 Å². The highest BCUT2D eigenvalue weighted by Crippen LogP contribution is 2.42. The first-order valence-corrected chi connectivity index (χ1v) is 17.4. The van der Waals surface area contributed by atoms with Crippen molar-refractivity contribution in [3.05, 3.63) is 16.8 Å². The molecule has 0 bridgehead atoms. The van der Waals surface area contributed by atoms with Crippen LogP contribution in [0.2, 0.25) is 36.3 Å². The van der Waals surface area contributed by atoms with E-state index in [2.05, 4.69) is 82.7 Å². The van der Waals surface area contributed by atoms with Crippen LogP contribution in [0, 0.1) is 0 Å². The summed E-state index contributed by atoms with van der Waals surface area (Å²) in [6, 6.07) is 0. The van der Waals surface area contributed by atoms with Gasteiger partial charge >= 0.3 is 5.69 Å². The Morgan fingerprint density at radius 1 is 1.12 bits per heavy atom. The molecule has 3 rings (SSSR count). The first-order valence-electron chi connectivity index (χ1n) is 11.6. The lowest BCUT2D eigenvalue weighted by Crippen LogP contribution is -2.48. The molecule has 1 unspecified atom stereocenters. The minimum absolute atomic E-state index is 0.0508. The molecular weight excluding hydrogens is 454 g/mol. The summed E-state index contributed by atoms with van der Waals surface area (Å²) >= 11 is 0. The fourth-order valence-electron chi connectivity index (χ4n) is 3.42. The Morgan fingerprint density at radius 3 is 2.30 bits per heavy atom. The molecule has 33 heavy (non-hydrogen) atoms. The molecule has 3 heterocycles. The lowest BCUT2D eigenvalue weighted by atomic mass is 10.2. The average molecular weight is 496 g/mol. The lowest BCUT2D eigenvalue weighted by molar-refractivity contribution is -0.0393. The summed E-state index contributed by atoms with van der Waals surface area (Å²) < 4.78 is 21.3.